The second-order valence-corrected chi connectivity index (χ2v) is 6.99. The van der Waals surface area contributed by atoms with Crippen LogP contribution in [0.25, 0.3) is 0 Å². The van der Waals surface area contributed by atoms with Gasteiger partial charge in [0, 0.05) is 25.4 Å². The Morgan fingerprint density at radius 2 is 1.92 bits per heavy atom. The molecule has 2 aliphatic heterocycles. The Balaban J connectivity index is 1.45. The van der Waals surface area contributed by atoms with Crippen LogP contribution in [0.4, 0.5) is 0 Å². The Morgan fingerprint density at radius 1 is 1.25 bits per heavy atom. The van der Waals surface area contributed by atoms with Crippen molar-refractivity contribution in [3.63, 3.8) is 0 Å². The summed E-state index contributed by atoms with van der Waals surface area (Å²) in [4.78, 5) is 39.7. The molecule has 1 saturated heterocycles. The topological polar surface area (TPSA) is 66.9 Å². The molecule has 0 aromatic heterocycles. The molecule has 2 heterocycles. The third-order valence-corrected chi connectivity index (χ3v) is 5.08. The van der Waals surface area contributed by atoms with E-state index in [1.165, 1.54) is 16.7 Å². The van der Waals surface area contributed by atoms with Crippen LogP contribution >= 0.6 is 11.8 Å². The summed E-state index contributed by atoms with van der Waals surface area (Å²) in [6.07, 6.45) is 0.0750. The molecule has 1 unspecified atom stereocenters. The van der Waals surface area contributed by atoms with Crippen molar-refractivity contribution in [2.75, 3.05) is 37.7 Å². The van der Waals surface area contributed by atoms with Gasteiger partial charge in [0.15, 0.2) is 0 Å². The molecule has 0 radical (unpaired) electrons. The molecule has 6 nitrogen and oxygen atoms in total. The van der Waals surface area contributed by atoms with Gasteiger partial charge in [0.1, 0.15) is 0 Å². The summed E-state index contributed by atoms with van der Waals surface area (Å²) in [6, 6.07) is 6.85. The first kappa shape index (κ1) is 17.0. The molecule has 0 spiro atoms. The number of thioether (sulfide) groups is 1. The fraction of sp³-hybridized carbons (Fsp3) is 0.471. The zero-order valence-corrected chi connectivity index (χ0v) is 14.4. The Hall–Kier alpha value is -1.86. The molecule has 3 rings (SSSR count). The molecule has 2 aliphatic rings. The van der Waals surface area contributed by atoms with Crippen molar-refractivity contribution in [3.05, 3.63) is 35.4 Å². The number of ether oxygens (including phenoxy) is 1. The third kappa shape index (κ3) is 3.47. The van der Waals surface area contributed by atoms with Crippen LogP contribution < -0.4 is 0 Å². The summed E-state index contributed by atoms with van der Waals surface area (Å²) in [6.45, 7) is 4.10. The second kappa shape index (κ2) is 7.36. The third-order valence-electron chi connectivity index (χ3n) is 4.16. The van der Waals surface area contributed by atoms with Crippen LogP contribution in [0.2, 0.25) is 0 Å². The highest BCUT2D eigenvalue weighted by atomic mass is 32.2. The van der Waals surface area contributed by atoms with Gasteiger partial charge in [0.05, 0.1) is 29.6 Å². The zero-order valence-electron chi connectivity index (χ0n) is 13.6. The second-order valence-electron chi connectivity index (χ2n) is 5.88. The molecule has 1 aromatic rings. The molecule has 128 valence electrons. The highest BCUT2D eigenvalue weighted by Gasteiger charge is 2.34. The fourth-order valence-corrected chi connectivity index (χ4v) is 3.71. The summed E-state index contributed by atoms with van der Waals surface area (Å²) in [5.41, 5.74) is 0.928. The number of carbonyl (C=O) groups excluding carboxylic acids is 3. The Morgan fingerprint density at radius 3 is 2.54 bits per heavy atom. The number of amides is 3. The van der Waals surface area contributed by atoms with Gasteiger partial charge < -0.3 is 9.64 Å². The molecule has 1 aromatic carbocycles. The van der Waals surface area contributed by atoms with E-state index in [1.54, 1.807) is 24.3 Å². The van der Waals surface area contributed by atoms with Gasteiger partial charge in [0.2, 0.25) is 5.91 Å². The van der Waals surface area contributed by atoms with E-state index in [4.69, 9.17) is 4.74 Å². The van der Waals surface area contributed by atoms with E-state index in [0.29, 0.717) is 48.9 Å². The first-order valence-corrected chi connectivity index (χ1v) is 9.15. The highest BCUT2D eigenvalue weighted by Crippen LogP contribution is 2.22. The first-order valence-electron chi connectivity index (χ1n) is 8.00. The van der Waals surface area contributed by atoms with Crippen LogP contribution in [0.15, 0.2) is 24.3 Å². The average Bonchev–Trinajstić information content (AvgIpc) is 2.83. The van der Waals surface area contributed by atoms with Gasteiger partial charge in [-0.2, -0.15) is 11.8 Å². The largest absolute Gasteiger partial charge is 0.375 e. The van der Waals surface area contributed by atoms with Crippen LogP contribution in [0.5, 0.6) is 0 Å². The number of imide groups is 1. The maximum Gasteiger partial charge on any atom is 0.261 e. The van der Waals surface area contributed by atoms with E-state index in [0.717, 1.165) is 0 Å². The first-order chi connectivity index (χ1) is 11.6. The van der Waals surface area contributed by atoms with Crippen molar-refractivity contribution in [1.29, 1.82) is 0 Å². The molecule has 0 aliphatic carbocycles. The van der Waals surface area contributed by atoms with E-state index in [1.807, 2.05) is 11.8 Å². The molecule has 0 N–H and O–H groups in total. The minimum atomic E-state index is -0.246. The lowest BCUT2D eigenvalue weighted by Crippen LogP contribution is -2.45. The molecule has 1 fully saturated rings. The molecule has 7 heteroatoms. The molecule has 24 heavy (non-hydrogen) atoms. The molecule has 0 saturated carbocycles. The summed E-state index contributed by atoms with van der Waals surface area (Å²) >= 11 is 1.45. The van der Waals surface area contributed by atoms with Crippen molar-refractivity contribution in [2.45, 2.75) is 13.0 Å². The van der Waals surface area contributed by atoms with Gasteiger partial charge >= 0.3 is 0 Å². The Labute approximate surface area is 145 Å². The van der Waals surface area contributed by atoms with Gasteiger partial charge in [-0.15, -0.1) is 0 Å². The van der Waals surface area contributed by atoms with Gasteiger partial charge in [-0.25, -0.2) is 0 Å². The fourth-order valence-electron chi connectivity index (χ4n) is 2.89. The predicted molar refractivity (Wildman–Crippen MR) is 91.1 cm³/mol. The summed E-state index contributed by atoms with van der Waals surface area (Å²) in [5, 5.41) is 0. The lowest BCUT2D eigenvalue weighted by atomic mass is 10.1. The number of hydrogen-bond acceptors (Lipinski definition) is 5. The Bertz CT molecular complexity index is 629. The molecular formula is C17H20N2O4S. The number of carbonyl (C=O) groups is 3. The Kier molecular flexibility index (Phi) is 5.20. The highest BCUT2D eigenvalue weighted by molar-refractivity contribution is 7.99. The molecule has 1 atom stereocenters. The van der Waals surface area contributed by atoms with Crippen LogP contribution in [-0.4, -0.2) is 71.4 Å². The van der Waals surface area contributed by atoms with Crippen LogP contribution in [0.3, 0.4) is 0 Å². The molecular weight excluding hydrogens is 328 g/mol. The summed E-state index contributed by atoms with van der Waals surface area (Å²) < 4.78 is 5.42. The van der Waals surface area contributed by atoms with Gasteiger partial charge in [-0.1, -0.05) is 12.1 Å². The van der Waals surface area contributed by atoms with E-state index < -0.39 is 0 Å². The van der Waals surface area contributed by atoms with Crippen molar-refractivity contribution >= 4 is 29.5 Å². The van der Waals surface area contributed by atoms with E-state index in [-0.39, 0.29) is 23.8 Å². The minimum Gasteiger partial charge on any atom is -0.375 e. The summed E-state index contributed by atoms with van der Waals surface area (Å²) in [7, 11) is 0. The molecule has 0 bridgehead atoms. The lowest BCUT2D eigenvalue weighted by Gasteiger charge is -2.31. The van der Waals surface area contributed by atoms with Gasteiger partial charge in [-0.3, -0.25) is 19.3 Å². The van der Waals surface area contributed by atoms with Crippen LogP contribution in [0.1, 0.15) is 27.6 Å². The van der Waals surface area contributed by atoms with Crippen LogP contribution in [0, 0.1) is 0 Å². The maximum atomic E-state index is 12.2. The molecule has 3 amide bonds. The standard InChI is InChI=1S/C17H20N2O4S/c1-12-10-18(6-8-23-12)15(20)11-24-9-7-19-16(21)13-4-2-3-5-14(13)17(19)22/h2-5,12H,6-11H2,1H3. The predicted octanol–water partition coefficient (Wildman–Crippen LogP) is 1.26. The minimum absolute atomic E-state index is 0.0750. The SMILES string of the molecule is CC1CN(C(=O)CSCCN2C(=O)c3ccccc3C2=O)CCO1. The van der Waals surface area contributed by atoms with Gasteiger partial charge in [-0.05, 0) is 19.1 Å². The van der Waals surface area contributed by atoms with Crippen LogP contribution in [-0.2, 0) is 9.53 Å². The normalized spacial score (nSPS) is 20.5. The monoisotopic (exact) mass is 348 g/mol. The maximum absolute atomic E-state index is 12.2. The average molecular weight is 348 g/mol. The van der Waals surface area contributed by atoms with Crippen molar-refractivity contribution in [1.82, 2.24) is 9.80 Å². The lowest BCUT2D eigenvalue weighted by molar-refractivity contribution is -0.135. The smallest absolute Gasteiger partial charge is 0.261 e. The van der Waals surface area contributed by atoms with Crippen molar-refractivity contribution < 1.29 is 19.1 Å². The van der Waals surface area contributed by atoms with E-state index >= 15 is 0 Å². The number of morpholine rings is 1. The number of nitrogens with zero attached hydrogens (tertiary/aromatic N) is 2. The number of fused-ring (bicyclic) bond motifs is 1. The number of rotatable bonds is 5. The van der Waals surface area contributed by atoms with Crippen molar-refractivity contribution in [2.24, 2.45) is 0 Å². The van der Waals surface area contributed by atoms with E-state index in [2.05, 4.69) is 0 Å². The van der Waals surface area contributed by atoms with Gasteiger partial charge in [0.25, 0.3) is 11.8 Å². The number of hydrogen-bond donors (Lipinski definition) is 0. The van der Waals surface area contributed by atoms with E-state index in [9.17, 15) is 14.4 Å². The summed E-state index contributed by atoms with van der Waals surface area (Å²) in [5.74, 6) is 0.499. The quantitative estimate of drug-likeness (QED) is 0.592. The zero-order chi connectivity index (χ0) is 17.1. The number of benzene rings is 1. The van der Waals surface area contributed by atoms with Crippen molar-refractivity contribution in [3.8, 4) is 0 Å².